The summed E-state index contributed by atoms with van der Waals surface area (Å²) < 4.78 is 2.09. The lowest BCUT2D eigenvalue weighted by Crippen LogP contribution is -2.33. The van der Waals surface area contributed by atoms with Crippen LogP contribution in [0.3, 0.4) is 0 Å². The van der Waals surface area contributed by atoms with Crippen LogP contribution >= 0.6 is 23.2 Å². The minimum atomic E-state index is 0.652. The lowest BCUT2D eigenvalue weighted by atomic mass is 10.1. The summed E-state index contributed by atoms with van der Waals surface area (Å²) in [5.74, 6) is 0. The Morgan fingerprint density at radius 3 is 2.10 bits per heavy atom. The van der Waals surface area contributed by atoms with E-state index >= 15 is 0 Å². The molecule has 3 aromatic rings. The number of benzene rings is 2. The Balaban J connectivity index is 1.94. The molecule has 104 valence electrons. The van der Waals surface area contributed by atoms with Crippen LogP contribution in [0.4, 0.5) is 0 Å². The van der Waals surface area contributed by atoms with Gasteiger partial charge in [-0.15, -0.1) is 0 Å². The fraction of sp³-hybridized carbons (Fsp3) is 0.0556. The molecular weight excluding hydrogens is 301 g/mol. The van der Waals surface area contributed by atoms with Gasteiger partial charge in [0.25, 0.3) is 0 Å². The Hall–Kier alpha value is -1.83. The molecule has 1 aromatic heterocycles. The van der Waals surface area contributed by atoms with Gasteiger partial charge in [0.05, 0.1) is 15.6 Å². The molecule has 3 heteroatoms. The van der Waals surface area contributed by atoms with Crippen molar-refractivity contribution in [2.24, 2.45) is 0 Å². The van der Waals surface area contributed by atoms with Gasteiger partial charge in [-0.05, 0) is 23.8 Å². The van der Waals surface area contributed by atoms with Gasteiger partial charge in [0.2, 0.25) is 0 Å². The molecule has 3 rings (SSSR count). The van der Waals surface area contributed by atoms with Crippen molar-refractivity contribution < 1.29 is 4.57 Å². The minimum absolute atomic E-state index is 0.652. The second-order valence-electron chi connectivity index (χ2n) is 4.83. The van der Waals surface area contributed by atoms with Gasteiger partial charge in [0, 0.05) is 11.6 Å². The molecule has 0 aliphatic rings. The molecule has 0 saturated carbocycles. The largest absolute Gasteiger partial charge is 0.200 e. The van der Waals surface area contributed by atoms with E-state index in [2.05, 4.69) is 29.0 Å². The molecule has 0 bridgehead atoms. The SMILES string of the molecule is Clc1cccc(Cl)c1C[n+]1cccc(-c2ccccc2)c1. The third-order valence-electron chi connectivity index (χ3n) is 3.37. The van der Waals surface area contributed by atoms with Crippen molar-refractivity contribution in [1.29, 1.82) is 0 Å². The Morgan fingerprint density at radius 1 is 0.714 bits per heavy atom. The van der Waals surface area contributed by atoms with Crippen LogP contribution in [0.25, 0.3) is 11.1 Å². The van der Waals surface area contributed by atoms with Crippen LogP contribution in [0, 0.1) is 0 Å². The van der Waals surface area contributed by atoms with E-state index in [0.717, 1.165) is 5.56 Å². The highest BCUT2D eigenvalue weighted by Gasteiger charge is 2.12. The zero-order valence-electron chi connectivity index (χ0n) is 11.3. The molecule has 0 fully saturated rings. The second kappa shape index (κ2) is 6.30. The van der Waals surface area contributed by atoms with Crippen LogP contribution in [-0.4, -0.2) is 0 Å². The number of hydrogen-bond donors (Lipinski definition) is 0. The Labute approximate surface area is 134 Å². The van der Waals surface area contributed by atoms with Crippen LogP contribution in [0.15, 0.2) is 73.1 Å². The predicted octanol–water partition coefficient (Wildman–Crippen LogP) is 5.00. The van der Waals surface area contributed by atoms with Crippen molar-refractivity contribution in [3.8, 4) is 11.1 Å². The fourth-order valence-electron chi connectivity index (χ4n) is 2.29. The number of halogens is 2. The summed E-state index contributed by atoms with van der Waals surface area (Å²) in [7, 11) is 0. The van der Waals surface area contributed by atoms with E-state index in [1.165, 1.54) is 11.1 Å². The summed E-state index contributed by atoms with van der Waals surface area (Å²) in [5, 5.41) is 1.39. The van der Waals surface area contributed by atoms with Crippen molar-refractivity contribution in [2.45, 2.75) is 6.54 Å². The van der Waals surface area contributed by atoms with E-state index in [4.69, 9.17) is 23.2 Å². The average Bonchev–Trinajstić information content (AvgIpc) is 2.52. The molecule has 0 amide bonds. The molecule has 21 heavy (non-hydrogen) atoms. The topological polar surface area (TPSA) is 3.88 Å². The van der Waals surface area contributed by atoms with Gasteiger partial charge in [0.15, 0.2) is 18.9 Å². The van der Waals surface area contributed by atoms with Gasteiger partial charge in [-0.2, -0.15) is 0 Å². The van der Waals surface area contributed by atoms with Crippen molar-refractivity contribution in [3.63, 3.8) is 0 Å². The molecule has 2 aromatic carbocycles. The highest BCUT2D eigenvalue weighted by molar-refractivity contribution is 6.35. The van der Waals surface area contributed by atoms with E-state index < -0.39 is 0 Å². The van der Waals surface area contributed by atoms with E-state index in [-0.39, 0.29) is 0 Å². The van der Waals surface area contributed by atoms with Crippen LogP contribution in [0.5, 0.6) is 0 Å². The monoisotopic (exact) mass is 314 g/mol. The third-order valence-corrected chi connectivity index (χ3v) is 4.08. The van der Waals surface area contributed by atoms with Gasteiger partial charge in [-0.3, -0.25) is 0 Å². The van der Waals surface area contributed by atoms with Gasteiger partial charge in [0.1, 0.15) is 0 Å². The summed E-state index contributed by atoms with van der Waals surface area (Å²) in [6.45, 7) is 0.652. The minimum Gasteiger partial charge on any atom is -0.200 e. The van der Waals surface area contributed by atoms with Crippen LogP contribution < -0.4 is 4.57 Å². The molecule has 0 saturated heterocycles. The van der Waals surface area contributed by atoms with Gasteiger partial charge >= 0.3 is 0 Å². The molecule has 0 aliphatic carbocycles. The van der Waals surface area contributed by atoms with Crippen LogP contribution in [0.1, 0.15) is 5.56 Å². The van der Waals surface area contributed by atoms with Crippen LogP contribution in [-0.2, 0) is 6.54 Å². The zero-order chi connectivity index (χ0) is 14.7. The lowest BCUT2D eigenvalue weighted by Gasteiger charge is -2.05. The highest BCUT2D eigenvalue weighted by atomic mass is 35.5. The molecule has 0 radical (unpaired) electrons. The molecule has 0 atom stereocenters. The van der Waals surface area contributed by atoms with Crippen LogP contribution in [0.2, 0.25) is 10.0 Å². The lowest BCUT2D eigenvalue weighted by molar-refractivity contribution is -0.687. The van der Waals surface area contributed by atoms with Gasteiger partial charge in [-0.1, -0.05) is 59.6 Å². The quantitative estimate of drug-likeness (QED) is 0.599. The van der Waals surface area contributed by atoms with Crippen molar-refractivity contribution in [1.82, 2.24) is 0 Å². The average molecular weight is 315 g/mol. The Kier molecular flexibility index (Phi) is 4.23. The maximum Gasteiger partial charge on any atom is 0.176 e. The van der Waals surface area contributed by atoms with Crippen molar-refractivity contribution in [2.75, 3.05) is 0 Å². The highest BCUT2D eigenvalue weighted by Crippen LogP contribution is 2.24. The molecule has 1 nitrogen and oxygen atoms in total. The van der Waals surface area contributed by atoms with E-state index in [1.807, 2.05) is 48.7 Å². The van der Waals surface area contributed by atoms with Gasteiger partial charge in [-0.25, -0.2) is 4.57 Å². The maximum absolute atomic E-state index is 6.24. The second-order valence-corrected chi connectivity index (χ2v) is 5.65. The predicted molar refractivity (Wildman–Crippen MR) is 87.6 cm³/mol. The summed E-state index contributed by atoms with van der Waals surface area (Å²) in [4.78, 5) is 0. The number of nitrogens with zero attached hydrogens (tertiary/aromatic N) is 1. The zero-order valence-corrected chi connectivity index (χ0v) is 12.9. The molecule has 0 aliphatic heterocycles. The third kappa shape index (κ3) is 3.26. The van der Waals surface area contributed by atoms with E-state index in [9.17, 15) is 0 Å². The van der Waals surface area contributed by atoms with E-state index in [0.29, 0.717) is 16.6 Å². The number of hydrogen-bond acceptors (Lipinski definition) is 0. The van der Waals surface area contributed by atoms with Gasteiger partial charge < -0.3 is 0 Å². The number of aromatic nitrogens is 1. The summed E-state index contributed by atoms with van der Waals surface area (Å²) >= 11 is 12.5. The summed E-state index contributed by atoms with van der Waals surface area (Å²) in [6.07, 6.45) is 4.13. The Bertz CT molecular complexity index is 734. The molecule has 0 N–H and O–H groups in total. The first kappa shape index (κ1) is 14.1. The first-order valence-corrected chi connectivity index (χ1v) is 7.47. The molecule has 1 heterocycles. The van der Waals surface area contributed by atoms with Crippen molar-refractivity contribution in [3.05, 3.63) is 88.7 Å². The van der Waals surface area contributed by atoms with E-state index in [1.54, 1.807) is 0 Å². The first-order chi connectivity index (χ1) is 10.2. The summed E-state index contributed by atoms with van der Waals surface area (Å²) in [5.41, 5.74) is 3.30. The smallest absolute Gasteiger partial charge is 0.176 e. The maximum atomic E-state index is 6.24. The van der Waals surface area contributed by atoms with Crippen molar-refractivity contribution >= 4 is 23.2 Å². The standard InChI is InChI=1S/C18H14Cl2N/c19-17-9-4-10-18(20)16(17)13-21-11-5-8-15(12-21)14-6-2-1-3-7-14/h1-12H,13H2/q+1. The molecule has 0 unspecified atom stereocenters. The molecule has 0 spiro atoms. The fourth-order valence-corrected chi connectivity index (χ4v) is 2.80. The molecular formula is C18H14Cl2N+. The first-order valence-electron chi connectivity index (χ1n) is 6.71. The number of pyridine rings is 1. The summed E-state index contributed by atoms with van der Waals surface area (Å²) in [6, 6.07) is 20.0. The Morgan fingerprint density at radius 2 is 1.38 bits per heavy atom. The number of rotatable bonds is 3. The normalized spacial score (nSPS) is 10.6.